The number of benzene rings is 3. The molecule has 0 aliphatic rings. The molecule has 0 saturated carbocycles. The monoisotopic (exact) mass is 497 g/mol. The number of ether oxygens (including phenoxy) is 3. The zero-order valence-corrected chi connectivity index (χ0v) is 20.8. The van der Waals surface area contributed by atoms with E-state index in [1.165, 1.54) is 0 Å². The number of hydrogen-bond donors (Lipinski definition) is 2. The van der Waals surface area contributed by atoms with Crippen LogP contribution in [0.1, 0.15) is 15.9 Å². The zero-order valence-electron chi connectivity index (χ0n) is 20.8. The van der Waals surface area contributed by atoms with Gasteiger partial charge in [-0.25, -0.2) is 9.97 Å². The average Bonchev–Trinajstić information content (AvgIpc) is 3.21. The number of amides is 1. The Kier molecular flexibility index (Phi) is 6.51. The molecule has 5 aromatic rings. The first kappa shape index (κ1) is 23.9. The van der Waals surface area contributed by atoms with Crippen molar-refractivity contribution < 1.29 is 19.0 Å². The number of anilines is 1. The number of nitrogen functional groups attached to an aromatic ring is 1. The van der Waals surface area contributed by atoms with Crippen molar-refractivity contribution in [2.45, 2.75) is 6.42 Å². The average molecular weight is 498 g/mol. The summed E-state index contributed by atoms with van der Waals surface area (Å²) in [6.07, 6.45) is 0.645. The molecule has 5 rings (SSSR count). The maximum absolute atomic E-state index is 13.5. The molecule has 0 spiro atoms. The third kappa shape index (κ3) is 4.47. The Morgan fingerprint density at radius 3 is 2.24 bits per heavy atom. The number of nitrogens with zero attached hydrogens (tertiary/aromatic N) is 3. The molecule has 9 heteroatoms. The topological polar surface area (TPSA) is 114 Å². The highest BCUT2D eigenvalue weighted by molar-refractivity contribution is 6.11. The van der Waals surface area contributed by atoms with Gasteiger partial charge in [-0.2, -0.15) is 0 Å². The van der Waals surface area contributed by atoms with Crippen molar-refractivity contribution in [2.24, 2.45) is 0 Å². The standard InChI is InChI=1S/C28H27N5O4/c1-35-18-10-8-17(9-11-18)14-15-30-28(34)24-25-27(32-21-7-5-4-6-20(21)31-25)33(26(24)29)22-16-19(36-2)12-13-23(22)37-3/h4-13,16H,14-15,29H2,1-3H3,(H,30,34). The summed E-state index contributed by atoms with van der Waals surface area (Å²) in [6, 6.07) is 20.6. The number of aromatic nitrogens is 3. The maximum Gasteiger partial charge on any atom is 0.257 e. The lowest BCUT2D eigenvalue weighted by Crippen LogP contribution is -2.26. The fourth-order valence-electron chi connectivity index (χ4n) is 4.30. The van der Waals surface area contributed by atoms with Gasteiger partial charge in [0, 0.05) is 12.6 Å². The van der Waals surface area contributed by atoms with Crippen molar-refractivity contribution in [1.29, 1.82) is 0 Å². The van der Waals surface area contributed by atoms with E-state index in [4.69, 9.17) is 29.9 Å². The lowest BCUT2D eigenvalue weighted by molar-refractivity contribution is 0.0956. The second-order valence-corrected chi connectivity index (χ2v) is 8.37. The van der Waals surface area contributed by atoms with Gasteiger partial charge in [0.25, 0.3) is 5.91 Å². The summed E-state index contributed by atoms with van der Waals surface area (Å²) >= 11 is 0. The summed E-state index contributed by atoms with van der Waals surface area (Å²) in [5, 5.41) is 2.99. The van der Waals surface area contributed by atoms with Gasteiger partial charge >= 0.3 is 0 Å². The molecule has 0 atom stereocenters. The van der Waals surface area contributed by atoms with Crippen molar-refractivity contribution in [3.8, 4) is 22.9 Å². The third-order valence-corrected chi connectivity index (χ3v) is 6.21. The second-order valence-electron chi connectivity index (χ2n) is 8.37. The molecule has 0 saturated heterocycles. The van der Waals surface area contributed by atoms with E-state index in [0.29, 0.717) is 52.3 Å². The molecule has 0 fully saturated rings. The van der Waals surface area contributed by atoms with Crippen LogP contribution in [0.5, 0.6) is 17.2 Å². The van der Waals surface area contributed by atoms with Crippen LogP contribution in [0, 0.1) is 0 Å². The van der Waals surface area contributed by atoms with Crippen LogP contribution in [-0.2, 0) is 6.42 Å². The Balaban J connectivity index is 1.58. The Morgan fingerprint density at radius 1 is 0.892 bits per heavy atom. The maximum atomic E-state index is 13.5. The van der Waals surface area contributed by atoms with E-state index >= 15 is 0 Å². The van der Waals surface area contributed by atoms with Crippen LogP contribution in [0.25, 0.3) is 27.9 Å². The molecular formula is C28H27N5O4. The highest BCUT2D eigenvalue weighted by atomic mass is 16.5. The SMILES string of the molecule is COc1ccc(CCNC(=O)c2c(N)n(-c3cc(OC)ccc3OC)c3nc4ccccc4nc23)cc1. The molecule has 3 aromatic carbocycles. The minimum Gasteiger partial charge on any atom is -0.497 e. The van der Waals surface area contributed by atoms with Crippen LogP contribution in [0.4, 0.5) is 5.82 Å². The molecule has 0 radical (unpaired) electrons. The lowest BCUT2D eigenvalue weighted by atomic mass is 10.1. The number of carbonyl (C=O) groups excluding carboxylic acids is 1. The summed E-state index contributed by atoms with van der Waals surface area (Å²) in [6.45, 7) is 0.417. The number of nitrogens with one attached hydrogen (secondary N) is 1. The molecule has 0 bridgehead atoms. The predicted octanol–water partition coefficient (Wildman–Crippen LogP) is 4.15. The Bertz CT molecular complexity index is 1590. The number of para-hydroxylation sites is 2. The molecule has 0 aliphatic carbocycles. The van der Waals surface area contributed by atoms with Crippen LogP contribution in [0.3, 0.4) is 0 Å². The number of nitrogens with two attached hydrogens (primary N) is 1. The number of fused-ring (bicyclic) bond motifs is 2. The number of methoxy groups -OCH3 is 3. The number of rotatable bonds is 8. The van der Waals surface area contributed by atoms with Gasteiger partial charge in [-0.05, 0) is 48.4 Å². The van der Waals surface area contributed by atoms with Gasteiger partial charge in [0.1, 0.15) is 34.1 Å². The fourth-order valence-corrected chi connectivity index (χ4v) is 4.30. The van der Waals surface area contributed by atoms with Crippen LogP contribution < -0.4 is 25.3 Å². The highest BCUT2D eigenvalue weighted by Gasteiger charge is 2.26. The van der Waals surface area contributed by atoms with Crippen LogP contribution in [0.15, 0.2) is 66.7 Å². The molecular weight excluding hydrogens is 470 g/mol. The first-order valence-corrected chi connectivity index (χ1v) is 11.7. The normalized spacial score (nSPS) is 11.0. The number of carbonyl (C=O) groups is 1. The zero-order chi connectivity index (χ0) is 25.9. The van der Waals surface area contributed by atoms with Crippen molar-refractivity contribution in [3.05, 3.63) is 77.9 Å². The minimum absolute atomic E-state index is 0.207. The van der Waals surface area contributed by atoms with Gasteiger partial charge in [0.15, 0.2) is 5.65 Å². The summed E-state index contributed by atoms with van der Waals surface area (Å²) in [5.41, 5.74) is 10.8. The van der Waals surface area contributed by atoms with Crippen molar-refractivity contribution >= 4 is 33.9 Å². The predicted molar refractivity (Wildman–Crippen MR) is 143 cm³/mol. The van der Waals surface area contributed by atoms with Gasteiger partial charge in [-0.15, -0.1) is 0 Å². The van der Waals surface area contributed by atoms with Gasteiger partial charge in [-0.3, -0.25) is 9.36 Å². The minimum atomic E-state index is -0.332. The highest BCUT2D eigenvalue weighted by Crippen LogP contribution is 2.36. The largest absolute Gasteiger partial charge is 0.497 e. The van der Waals surface area contributed by atoms with E-state index in [2.05, 4.69) is 5.32 Å². The molecule has 2 aromatic heterocycles. The van der Waals surface area contributed by atoms with E-state index < -0.39 is 0 Å². The van der Waals surface area contributed by atoms with Crippen molar-refractivity contribution in [3.63, 3.8) is 0 Å². The van der Waals surface area contributed by atoms with E-state index in [0.717, 1.165) is 11.3 Å². The first-order valence-electron chi connectivity index (χ1n) is 11.7. The molecule has 1 amide bonds. The van der Waals surface area contributed by atoms with Gasteiger partial charge in [-0.1, -0.05) is 24.3 Å². The van der Waals surface area contributed by atoms with Crippen molar-refractivity contribution in [1.82, 2.24) is 19.9 Å². The smallest absolute Gasteiger partial charge is 0.257 e. The fraction of sp³-hybridized carbons (Fsp3) is 0.179. The summed E-state index contributed by atoms with van der Waals surface area (Å²) in [5.74, 6) is 1.81. The molecule has 9 nitrogen and oxygen atoms in total. The van der Waals surface area contributed by atoms with Crippen LogP contribution in [-0.4, -0.2) is 48.3 Å². The van der Waals surface area contributed by atoms with E-state index in [1.54, 1.807) is 44.1 Å². The quantitative estimate of drug-likeness (QED) is 0.331. The second kappa shape index (κ2) is 10.1. The van der Waals surface area contributed by atoms with Crippen LogP contribution >= 0.6 is 0 Å². The molecule has 3 N–H and O–H groups in total. The first-order chi connectivity index (χ1) is 18.0. The Labute approximate surface area is 213 Å². The van der Waals surface area contributed by atoms with Crippen LogP contribution in [0.2, 0.25) is 0 Å². The summed E-state index contributed by atoms with van der Waals surface area (Å²) in [7, 11) is 4.78. The van der Waals surface area contributed by atoms with Gasteiger partial charge in [0.05, 0.1) is 38.1 Å². The summed E-state index contributed by atoms with van der Waals surface area (Å²) < 4.78 is 17.9. The Morgan fingerprint density at radius 2 is 1.57 bits per heavy atom. The summed E-state index contributed by atoms with van der Waals surface area (Å²) in [4.78, 5) is 23.1. The van der Waals surface area contributed by atoms with E-state index in [9.17, 15) is 4.79 Å². The molecule has 0 unspecified atom stereocenters. The van der Waals surface area contributed by atoms with E-state index in [1.807, 2.05) is 48.5 Å². The lowest BCUT2D eigenvalue weighted by Gasteiger charge is -2.14. The van der Waals surface area contributed by atoms with Gasteiger partial charge in [0.2, 0.25) is 0 Å². The third-order valence-electron chi connectivity index (χ3n) is 6.21. The van der Waals surface area contributed by atoms with E-state index in [-0.39, 0.29) is 17.3 Å². The molecule has 2 heterocycles. The van der Waals surface area contributed by atoms with Gasteiger partial charge < -0.3 is 25.3 Å². The molecule has 0 aliphatic heterocycles. The Hall–Kier alpha value is -4.79. The molecule has 37 heavy (non-hydrogen) atoms. The number of hydrogen-bond acceptors (Lipinski definition) is 7. The van der Waals surface area contributed by atoms with Crippen molar-refractivity contribution in [2.75, 3.05) is 33.6 Å². The molecule has 188 valence electrons.